The molecule has 0 atom stereocenters. The van der Waals surface area contributed by atoms with E-state index in [1.807, 2.05) is 12.1 Å². The van der Waals surface area contributed by atoms with E-state index in [-0.39, 0.29) is 0 Å². The number of rotatable bonds is 3. The smallest absolute Gasteiger partial charge is 0.128 e. The monoisotopic (exact) mass is 253 g/mol. The number of hydrogen-bond acceptors (Lipinski definition) is 1. The minimum Gasteiger partial charge on any atom is -0.381 e. The fraction of sp³-hybridized carbons (Fsp3) is 0.0769. The molecule has 1 N–H and O–H groups in total. The van der Waals surface area contributed by atoms with E-state index in [1.165, 1.54) is 12.1 Å². The molecule has 2 rings (SSSR count). The normalized spacial score (nSPS) is 10.3. The Hall–Kier alpha value is -1.61. The van der Waals surface area contributed by atoms with Gasteiger partial charge in [0.05, 0.1) is 0 Å². The van der Waals surface area contributed by atoms with Gasteiger partial charge in [0.2, 0.25) is 0 Å². The van der Waals surface area contributed by atoms with Gasteiger partial charge in [-0.25, -0.2) is 8.78 Å². The molecular weight excluding hydrogens is 244 g/mol. The number of benzene rings is 2. The second kappa shape index (κ2) is 5.15. The quantitative estimate of drug-likeness (QED) is 0.863. The molecule has 0 aliphatic carbocycles. The van der Waals surface area contributed by atoms with Crippen LogP contribution in [0.25, 0.3) is 0 Å². The fourth-order valence-corrected chi connectivity index (χ4v) is 1.72. The third-order valence-corrected chi connectivity index (χ3v) is 2.48. The number of anilines is 1. The maximum atomic E-state index is 12.9. The van der Waals surface area contributed by atoms with Gasteiger partial charge in [-0.05, 0) is 29.8 Å². The van der Waals surface area contributed by atoms with Gasteiger partial charge < -0.3 is 5.32 Å². The van der Waals surface area contributed by atoms with E-state index in [0.717, 1.165) is 11.6 Å². The second-order valence-corrected chi connectivity index (χ2v) is 4.08. The molecule has 0 spiro atoms. The first-order chi connectivity index (χ1) is 8.13. The molecule has 0 saturated carbocycles. The molecule has 4 heteroatoms. The van der Waals surface area contributed by atoms with E-state index in [9.17, 15) is 8.78 Å². The summed E-state index contributed by atoms with van der Waals surface area (Å²) in [7, 11) is 0. The molecule has 2 aromatic carbocycles. The van der Waals surface area contributed by atoms with Gasteiger partial charge in [-0.2, -0.15) is 0 Å². The summed E-state index contributed by atoms with van der Waals surface area (Å²) in [4.78, 5) is 0. The van der Waals surface area contributed by atoms with Crippen LogP contribution in [0.2, 0.25) is 5.02 Å². The van der Waals surface area contributed by atoms with Crippen LogP contribution >= 0.6 is 11.6 Å². The molecular formula is C13H10ClF2N. The first-order valence-corrected chi connectivity index (χ1v) is 5.46. The summed E-state index contributed by atoms with van der Waals surface area (Å²) < 4.78 is 25.8. The zero-order chi connectivity index (χ0) is 12.3. The van der Waals surface area contributed by atoms with Crippen molar-refractivity contribution < 1.29 is 8.78 Å². The molecule has 0 aromatic heterocycles. The van der Waals surface area contributed by atoms with Crippen LogP contribution in [0.1, 0.15) is 5.56 Å². The van der Waals surface area contributed by atoms with E-state index in [2.05, 4.69) is 5.32 Å². The zero-order valence-electron chi connectivity index (χ0n) is 8.88. The third-order valence-electron chi connectivity index (χ3n) is 2.25. The van der Waals surface area contributed by atoms with E-state index in [0.29, 0.717) is 17.3 Å². The Kier molecular flexibility index (Phi) is 3.59. The van der Waals surface area contributed by atoms with E-state index in [1.54, 1.807) is 12.1 Å². The van der Waals surface area contributed by atoms with Gasteiger partial charge >= 0.3 is 0 Å². The molecule has 0 fully saturated rings. The maximum absolute atomic E-state index is 12.9. The van der Waals surface area contributed by atoms with Crippen LogP contribution in [0.4, 0.5) is 14.5 Å². The largest absolute Gasteiger partial charge is 0.381 e. The van der Waals surface area contributed by atoms with Gasteiger partial charge in [0.25, 0.3) is 0 Å². The van der Waals surface area contributed by atoms with Crippen LogP contribution in [-0.4, -0.2) is 0 Å². The van der Waals surface area contributed by atoms with Crippen molar-refractivity contribution in [3.05, 3.63) is 64.7 Å². The Bertz CT molecular complexity index is 508. The summed E-state index contributed by atoms with van der Waals surface area (Å²) in [5.74, 6) is -1.20. The van der Waals surface area contributed by atoms with Crippen LogP contribution in [0.5, 0.6) is 0 Å². The lowest BCUT2D eigenvalue weighted by Crippen LogP contribution is -2.00. The lowest BCUT2D eigenvalue weighted by atomic mass is 10.2. The van der Waals surface area contributed by atoms with Crippen molar-refractivity contribution in [2.24, 2.45) is 0 Å². The van der Waals surface area contributed by atoms with Crippen molar-refractivity contribution in [3.63, 3.8) is 0 Å². The molecule has 0 saturated heterocycles. The number of nitrogens with one attached hydrogen (secondary N) is 1. The predicted molar refractivity (Wildman–Crippen MR) is 65.1 cm³/mol. The van der Waals surface area contributed by atoms with Gasteiger partial charge in [-0.15, -0.1) is 0 Å². The fourth-order valence-electron chi connectivity index (χ4n) is 1.51. The molecule has 17 heavy (non-hydrogen) atoms. The minimum atomic E-state index is -0.599. The summed E-state index contributed by atoms with van der Waals surface area (Å²) in [5.41, 5.74) is 1.35. The highest BCUT2D eigenvalue weighted by molar-refractivity contribution is 6.30. The molecule has 0 aliphatic rings. The summed E-state index contributed by atoms with van der Waals surface area (Å²) in [6, 6.07) is 10.6. The molecule has 0 aliphatic heterocycles. The zero-order valence-corrected chi connectivity index (χ0v) is 9.64. The van der Waals surface area contributed by atoms with Gasteiger partial charge in [0.1, 0.15) is 11.6 Å². The molecule has 2 aromatic rings. The highest BCUT2D eigenvalue weighted by Crippen LogP contribution is 2.15. The van der Waals surface area contributed by atoms with Crippen LogP contribution in [-0.2, 0) is 6.54 Å². The predicted octanol–water partition coefficient (Wildman–Crippen LogP) is 4.23. The molecule has 0 heterocycles. The van der Waals surface area contributed by atoms with E-state index < -0.39 is 11.6 Å². The van der Waals surface area contributed by atoms with Crippen molar-refractivity contribution in [2.45, 2.75) is 6.54 Å². The lowest BCUT2D eigenvalue weighted by Gasteiger charge is -2.07. The standard InChI is InChI=1S/C13H10ClF2N/c14-10-3-1-2-9(4-10)8-17-13-6-11(15)5-12(16)7-13/h1-7,17H,8H2. The van der Waals surface area contributed by atoms with Crippen LogP contribution in [0.3, 0.4) is 0 Å². The van der Waals surface area contributed by atoms with Crippen LogP contribution < -0.4 is 5.32 Å². The van der Waals surface area contributed by atoms with Crippen molar-refractivity contribution >= 4 is 17.3 Å². The molecule has 0 amide bonds. The van der Waals surface area contributed by atoms with Crippen LogP contribution in [0.15, 0.2) is 42.5 Å². The summed E-state index contributed by atoms with van der Waals surface area (Å²) in [5, 5.41) is 3.57. The topological polar surface area (TPSA) is 12.0 Å². The van der Waals surface area contributed by atoms with E-state index in [4.69, 9.17) is 11.6 Å². The number of halogens is 3. The highest BCUT2D eigenvalue weighted by atomic mass is 35.5. The first-order valence-electron chi connectivity index (χ1n) is 5.08. The Balaban J connectivity index is 2.07. The summed E-state index contributed by atoms with van der Waals surface area (Å²) >= 11 is 5.83. The molecule has 88 valence electrons. The second-order valence-electron chi connectivity index (χ2n) is 3.64. The van der Waals surface area contributed by atoms with Crippen LogP contribution in [0, 0.1) is 11.6 Å². The Morgan fingerprint density at radius 3 is 2.35 bits per heavy atom. The summed E-state index contributed by atoms with van der Waals surface area (Å²) in [6.07, 6.45) is 0. The Labute approximate surface area is 103 Å². The maximum Gasteiger partial charge on any atom is 0.128 e. The SMILES string of the molecule is Fc1cc(F)cc(NCc2cccc(Cl)c2)c1. The average molecular weight is 254 g/mol. The Morgan fingerprint density at radius 2 is 1.71 bits per heavy atom. The molecule has 0 bridgehead atoms. The average Bonchev–Trinajstić information content (AvgIpc) is 2.25. The van der Waals surface area contributed by atoms with Gasteiger partial charge in [-0.1, -0.05) is 23.7 Å². The van der Waals surface area contributed by atoms with E-state index >= 15 is 0 Å². The van der Waals surface area contributed by atoms with Gasteiger partial charge in [0.15, 0.2) is 0 Å². The van der Waals surface area contributed by atoms with Crippen molar-refractivity contribution in [1.82, 2.24) is 0 Å². The number of hydrogen-bond donors (Lipinski definition) is 1. The third kappa shape index (κ3) is 3.43. The van der Waals surface area contributed by atoms with Crippen molar-refractivity contribution in [2.75, 3.05) is 5.32 Å². The van der Waals surface area contributed by atoms with Crippen molar-refractivity contribution in [3.8, 4) is 0 Å². The molecule has 1 nitrogen and oxygen atoms in total. The summed E-state index contributed by atoms with van der Waals surface area (Å²) in [6.45, 7) is 0.462. The van der Waals surface area contributed by atoms with Crippen molar-refractivity contribution in [1.29, 1.82) is 0 Å². The molecule has 0 radical (unpaired) electrons. The first kappa shape index (κ1) is 11.9. The lowest BCUT2D eigenvalue weighted by molar-refractivity contribution is 0.584. The highest BCUT2D eigenvalue weighted by Gasteiger charge is 2.00. The Morgan fingerprint density at radius 1 is 1.00 bits per heavy atom. The molecule has 0 unspecified atom stereocenters. The van der Waals surface area contributed by atoms with Gasteiger partial charge in [0, 0.05) is 23.3 Å². The minimum absolute atomic E-state index is 0.405. The van der Waals surface area contributed by atoms with Gasteiger partial charge in [-0.3, -0.25) is 0 Å².